The molecule has 1 amide bonds. The van der Waals surface area contributed by atoms with Crippen molar-refractivity contribution < 1.29 is 9.53 Å². The van der Waals surface area contributed by atoms with Gasteiger partial charge >= 0.3 is 0 Å². The fourth-order valence-corrected chi connectivity index (χ4v) is 2.09. The third-order valence-corrected chi connectivity index (χ3v) is 3.09. The molecule has 2 fully saturated rings. The van der Waals surface area contributed by atoms with Crippen LogP contribution in [0.3, 0.4) is 0 Å². The van der Waals surface area contributed by atoms with Crippen molar-refractivity contribution in [2.45, 2.75) is 26.3 Å². The zero-order valence-corrected chi connectivity index (χ0v) is 7.59. The van der Waals surface area contributed by atoms with Crippen LogP contribution in [0.25, 0.3) is 0 Å². The first-order valence-electron chi connectivity index (χ1n) is 4.51. The number of amides is 1. The van der Waals surface area contributed by atoms with Crippen LogP contribution in [0.15, 0.2) is 0 Å². The van der Waals surface area contributed by atoms with Gasteiger partial charge in [0.2, 0.25) is 5.91 Å². The fraction of sp³-hybridized carbons (Fsp3) is 0.889. The highest BCUT2D eigenvalue weighted by molar-refractivity contribution is 5.89. The summed E-state index contributed by atoms with van der Waals surface area (Å²) in [6, 6.07) is 0.340. The van der Waals surface area contributed by atoms with E-state index >= 15 is 0 Å². The van der Waals surface area contributed by atoms with Crippen molar-refractivity contribution in [2.75, 3.05) is 13.2 Å². The van der Waals surface area contributed by atoms with E-state index in [1.54, 1.807) is 0 Å². The highest BCUT2D eigenvalue weighted by atomic mass is 16.5. The molecule has 2 aliphatic rings. The largest absolute Gasteiger partial charge is 0.381 e. The normalized spacial score (nSPS) is 39.0. The standard InChI is InChI=1S/C9H15NO2/c1-9(2)7(10-8(9)11)6-3-4-12-5-6/h6-7H,3-5H2,1-2H3,(H,10,11). The third-order valence-electron chi connectivity index (χ3n) is 3.09. The van der Waals surface area contributed by atoms with Crippen LogP contribution in [-0.4, -0.2) is 25.2 Å². The van der Waals surface area contributed by atoms with E-state index in [-0.39, 0.29) is 11.3 Å². The molecule has 2 heterocycles. The predicted molar refractivity (Wildman–Crippen MR) is 44.6 cm³/mol. The summed E-state index contributed by atoms with van der Waals surface area (Å²) in [6.45, 7) is 5.69. The molecule has 0 aromatic rings. The lowest BCUT2D eigenvalue weighted by atomic mass is 9.70. The van der Waals surface area contributed by atoms with E-state index in [0.29, 0.717) is 12.0 Å². The van der Waals surface area contributed by atoms with E-state index in [9.17, 15) is 4.79 Å². The van der Waals surface area contributed by atoms with Crippen molar-refractivity contribution in [3.05, 3.63) is 0 Å². The Balaban J connectivity index is 2.02. The minimum absolute atomic E-state index is 0.168. The highest BCUT2D eigenvalue weighted by Crippen LogP contribution is 2.37. The molecule has 12 heavy (non-hydrogen) atoms. The lowest BCUT2D eigenvalue weighted by Crippen LogP contribution is -2.67. The van der Waals surface area contributed by atoms with Gasteiger partial charge in [-0.2, -0.15) is 0 Å². The average Bonchev–Trinajstić information content (AvgIpc) is 2.51. The summed E-state index contributed by atoms with van der Waals surface area (Å²) >= 11 is 0. The fourth-order valence-electron chi connectivity index (χ4n) is 2.09. The van der Waals surface area contributed by atoms with Crippen LogP contribution in [-0.2, 0) is 9.53 Å². The Hall–Kier alpha value is -0.570. The van der Waals surface area contributed by atoms with E-state index in [4.69, 9.17) is 4.74 Å². The molecule has 0 spiro atoms. The van der Waals surface area contributed by atoms with Crippen LogP contribution in [0.4, 0.5) is 0 Å². The van der Waals surface area contributed by atoms with E-state index in [2.05, 4.69) is 5.32 Å². The zero-order valence-electron chi connectivity index (χ0n) is 7.59. The summed E-state index contributed by atoms with van der Waals surface area (Å²) in [7, 11) is 0. The van der Waals surface area contributed by atoms with Gasteiger partial charge in [-0.3, -0.25) is 4.79 Å². The first-order chi connectivity index (χ1) is 5.62. The second-order valence-electron chi connectivity index (χ2n) is 4.30. The van der Waals surface area contributed by atoms with Gasteiger partial charge in [-0.1, -0.05) is 0 Å². The molecule has 68 valence electrons. The molecule has 2 atom stereocenters. The quantitative estimate of drug-likeness (QED) is 0.582. The van der Waals surface area contributed by atoms with E-state index in [0.717, 1.165) is 19.6 Å². The Morgan fingerprint density at radius 1 is 1.58 bits per heavy atom. The van der Waals surface area contributed by atoms with E-state index in [1.807, 2.05) is 13.8 Å². The molecule has 2 unspecified atom stereocenters. The first-order valence-corrected chi connectivity index (χ1v) is 4.51. The number of β-lactam (4-membered cyclic amide) rings is 1. The maximum Gasteiger partial charge on any atom is 0.228 e. The topological polar surface area (TPSA) is 38.3 Å². The van der Waals surface area contributed by atoms with Crippen LogP contribution < -0.4 is 5.32 Å². The van der Waals surface area contributed by atoms with Gasteiger partial charge < -0.3 is 10.1 Å². The van der Waals surface area contributed by atoms with Crippen LogP contribution in [0.5, 0.6) is 0 Å². The third kappa shape index (κ3) is 0.959. The molecule has 3 nitrogen and oxygen atoms in total. The first kappa shape index (κ1) is 8.05. The van der Waals surface area contributed by atoms with Gasteiger partial charge in [0, 0.05) is 18.6 Å². The maximum absolute atomic E-state index is 11.2. The monoisotopic (exact) mass is 169 g/mol. The Morgan fingerprint density at radius 3 is 2.75 bits per heavy atom. The average molecular weight is 169 g/mol. The summed E-state index contributed by atoms with van der Waals surface area (Å²) in [4.78, 5) is 11.2. The maximum atomic E-state index is 11.2. The summed E-state index contributed by atoms with van der Waals surface area (Å²) in [6.07, 6.45) is 1.09. The van der Waals surface area contributed by atoms with Crippen molar-refractivity contribution in [1.29, 1.82) is 0 Å². The van der Waals surface area contributed by atoms with Gasteiger partial charge in [0.05, 0.1) is 12.0 Å². The van der Waals surface area contributed by atoms with Crippen molar-refractivity contribution in [1.82, 2.24) is 5.32 Å². The van der Waals surface area contributed by atoms with Crippen LogP contribution in [0.2, 0.25) is 0 Å². The highest BCUT2D eigenvalue weighted by Gasteiger charge is 2.51. The molecule has 0 aromatic carbocycles. The minimum Gasteiger partial charge on any atom is -0.381 e. The SMILES string of the molecule is CC1(C)C(=O)NC1C1CCOC1. The molecule has 0 aromatic heterocycles. The van der Waals surface area contributed by atoms with Gasteiger partial charge in [0.1, 0.15) is 0 Å². The molecule has 1 N–H and O–H groups in total. The Labute approximate surface area is 72.5 Å². The number of nitrogens with one attached hydrogen (secondary N) is 1. The Bertz CT molecular complexity index is 207. The summed E-state index contributed by atoms with van der Waals surface area (Å²) in [5, 5.41) is 2.96. The number of hydrogen-bond acceptors (Lipinski definition) is 2. The molecule has 0 saturated carbocycles. The number of hydrogen-bond donors (Lipinski definition) is 1. The molecule has 0 bridgehead atoms. The van der Waals surface area contributed by atoms with Crippen LogP contribution in [0, 0.1) is 11.3 Å². The number of carbonyl (C=O) groups excluding carboxylic acids is 1. The zero-order chi connectivity index (χ0) is 8.77. The van der Waals surface area contributed by atoms with Crippen molar-refractivity contribution in [3.8, 4) is 0 Å². The van der Waals surface area contributed by atoms with Gasteiger partial charge in [-0.15, -0.1) is 0 Å². The molecular weight excluding hydrogens is 154 g/mol. The number of ether oxygens (including phenoxy) is 1. The van der Waals surface area contributed by atoms with E-state index in [1.165, 1.54) is 0 Å². The molecule has 0 radical (unpaired) electrons. The molecular formula is C9H15NO2. The van der Waals surface area contributed by atoms with Gasteiger partial charge in [-0.25, -0.2) is 0 Å². The molecule has 2 rings (SSSR count). The second-order valence-corrected chi connectivity index (χ2v) is 4.30. The van der Waals surface area contributed by atoms with Gasteiger partial charge in [-0.05, 0) is 20.3 Å². The smallest absolute Gasteiger partial charge is 0.228 e. The summed E-state index contributed by atoms with van der Waals surface area (Å²) in [5.41, 5.74) is -0.168. The van der Waals surface area contributed by atoms with Gasteiger partial charge in [0.15, 0.2) is 0 Å². The Kier molecular flexibility index (Phi) is 1.65. The van der Waals surface area contributed by atoms with Crippen molar-refractivity contribution >= 4 is 5.91 Å². The Morgan fingerprint density at radius 2 is 2.33 bits per heavy atom. The molecule has 3 heteroatoms. The number of rotatable bonds is 1. The summed E-state index contributed by atoms with van der Waals surface area (Å²) < 4.78 is 5.29. The lowest BCUT2D eigenvalue weighted by molar-refractivity contribution is -0.145. The van der Waals surface area contributed by atoms with E-state index < -0.39 is 0 Å². The second kappa shape index (κ2) is 2.46. The van der Waals surface area contributed by atoms with Crippen molar-refractivity contribution in [2.24, 2.45) is 11.3 Å². The molecule has 0 aliphatic carbocycles. The van der Waals surface area contributed by atoms with Crippen molar-refractivity contribution in [3.63, 3.8) is 0 Å². The lowest BCUT2D eigenvalue weighted by Gasteiger charge is -2.46. The van der Waals surface area contributed by atoms with Crippen LogP contribution >= 0.6 is 0 Å². The summed E-state index contributed by atoms with van der Waals surface area (Å²) in [5.74, 6) is 0.720. The molecule has 2 aliphatic heterocycles. The predicted octanol–water partition coefficient (Wildman–Crippen LogP) is 0.547. The molecule has 2 saturated heterocycles. The van der Waals surface area contributed by atoms with Gasteiger partial charge in [0.25, 0.3) is 0 Å². The number of carbonyl (C=O) groups is 1. The minimum atomic E-state index is -0.168. The van der Waals surface area contributed by atoms with Crippen LogP contribution in [0.1, 0.15) is 20.3 Å².